The molecule has 2 aliphatic heterocycles. The molecule has 2 aromatic carbocycles. The van der Waals surface area contributed by atoms with Gasteiger partial charge >= 0.3 is 5.97 Å². The molecule has 2 aromatic rings. The molecule has 1 fully saturated rings. The summed E-state index contributed by atoms with van der Waals surface area (Å²) in [6, 6.07) is 17.9. The highest BCUT2D eigenvalue weighted by Crippen LogP contribution is 2.27. The lowest BCUT2D eigenvalue weighted by Crippen LogP contribution is -2.41. The van der Waals surface area contributed by atoms with Crippen LogP contribution in [0.25, 0.3) is 0 Å². The number of esters is 1. The fraction of sp³-hybridized carbons (Fsp3) is 0.400. The van der Waals surface area contributed by atoms with Crippen LogP contribution in [0.4, 0.5) is 0 Å². The first kappa shape index (κ1) is 22.9. The number of likely N-dealkylation sites (tertiary alicyclic amines) is 1. The van der Waals surface area contributed by atoms with E-state index in [1.807, 2.05) is 29.2 Å². The second-order valence-electron chi connectivity index (χ2n) is 8.03. The van der Waals surface area contributed by atoms with Gasteiger partial charge in [-0.1, -0.05) is 72.1 Å². The van der Waals surface area contributed by atoms with Gasteiger partial charge < -0.3 is 9.64 Å². The van der Waals surface area contributed by atoms with Crippen LogP contribution in [0.1, 0.15) is 34.3 Å². The van der Waals surface area contributed by atoms with E-state index >= 15 is 0 Å². The van der Waals surface area contributed by atoms with Gasteiger partial charge in [-0.15, -0.1) is 0 Å². The van der Waals surface area contributed by atoms with Crippen molar-refractivity contribution in [2.45, 2.75) is 25.0 Å². The van der Waals surface area contributed by atoms with Gasteiger partial charge in [-0.3, -0.25) is 9.79 Å². The Morgan fingerprint density at radius 1 is 1.06 bits per heavy atom. The number of hydrogen-bond acceptors (Lipinski definition) is 6. The summed E-state index contributed by atoms with van der Waals surface area (Å²) in [5, 5.41) is 0. The third-order valence-electron chi connectivity index (χ3n) is 5.81. The van der Waals surface area contributed by atoms with Crippen molar-refractivity contribution in [2.75, 3.05) is 32.0 Å². The molecule has 0 unspecified atom stereocenters. The molecule has 0 atom stereocenters. The van der Waals surface area contributed by atoms with E-state index in [1.54, 1.807) is 29.6 Å². The summed E-state index contributed by atoms with van der Waals surface area (Å²) >= 11 is 3.40. The van der Waals surface area contributed by atoms with E-state index in [2.05, 4.69) is 29.3 Å². The molecule has 0 aliphatic carbocycles. The Kier molecular flexibility index (Phi) is 8.29. The van der Waals surface area contributed by atoms with E-state index in [9.17, 15) is 9.59 Å². The third-order valence-corrected chi connectivity index (χ3v) is 8.11. The molecule has 0 saturated carbocycles. The molecule has 0 aromatic heterocycles. The Morgan fingerprint density at radius 3 is 2.56 bits per heavy atom. The van der Waals surface area contributed by atoms with Gasteiger partial charge in [0.25, 0.3) is 5.91 Å². The van der Waals surface area contributed by atoms with Crippen LogP contribution >= 0.6 is 23.5 Å². The zero-order valence-corrected chi connectivity index (χ0v) is 19.7. The molecule has 4 rings (SSSR count). The maximum atomic E-state index is 12.7. The Morgan fingerprint density at radius 2 is 1.81 bits per heavy atom. The quantitative estimate of drug-likeness (QED) is 0.553. The number of hydrogen-bond donors (Lipinski definition) is 0. The van der Waals surface area contributed by atoms with Crippen LogP contribution in [0.5, 0.6) is 0 Å². The van der Waals surface area contributed by atoms with E-state index in [0.717, 1.165) is 54.6 Å². The molecule has 7 heteroatoms. The first-order valence-corrected chi connectivity index (χ1v) is 13.0. The fourth-order valence-corrected chi connectivity index (χ4v) is 6.03. The van der Waals surface area contributed by atoms with Gasteiger partial charge in [0.2, 0.25) is 0 Å². The number of piperidine rings is 1. The van der Waals surface area contributed by atoms with Gasteiger partial charge in [-0.25, -0.2) is 4.79 Å². The average Bonchev–Trinajstić information content (AvgIpc) is 3.36. The second kappa shape index (κ2) is 11.6. The van der Waals surface area contributed by atoms with Crippen molar-refractivity contribution in [2.24, 2.45) is 10.9 Å². The predicted octanol–water partition coefficient (Wildman–Crippen LogP) is 4.66. The number of benzene rings is 2. The van der Waals surface area contributed by atoms with Crippen LogP contribution in [0.3, 0.4) is 0 Å². The van der Waals surface area contributed by atoms with E-state index in [1.165, 1.54) is 5.56 Å². The molecule has 1 saturated heterocycles. The lowest BCUT2D eigenvalue weighted by Gasteiger charge is -2.32. The Balaban J connectivity index is 1.23. The lowest BCUT2D eigenvalue weighted by atomic mass is 9.90. The van der Waals surface area contributed by atoms with Crippen molar-refractivity contribution < 1.29 is 14.3 Å². The minimum absolute atomic E-state index is 0.111. The number of thioether (sulfide) groups is 2. The number of ether oxygens (including phenoxy) is 1. The van der Waals surface area contributed by atoms with Crippen molar-refractivity contribution in [1.82, 2.24) is 4.90 Å². The number of rotatable bonds is 7. The molecule has 168 valence electrons. The number of nitrogens with zero attached hydrogens (tertiary/aromatic N) is 2. The summed E-state index contributed by atoms with van der Waals surface area (Å²) in [6.07, 6.45) is 3.02. The van der Waals surface area contributed by atoms with E-state index in [0.29, 0.717) is 17.2 Å². The molecule has 0 bridgehead atoms. The molecular weight excluding hydrogens is 440 g/mol. The molecule has 1 amide bonds. The number of aliphatic imine (C=N–C) groups is 1. The smallest absolute Gasteiger partial charge is 0.338 e. The Hall–Kier alpha value is -2.25. The molecule has 0 N–H and O–H groups in total. The predicted molar refractivity (Wildman–Crippen MR) is 132 cm³/mol. The van der Waals surface area contributed by atoms with Crippen LogP contribution in [-0.2, 0) is 21.7 Å². The van der Waals surface area contributed by atoms with E-state index < -0.39 is 5.97 Å². The molecular formula is C25H28N2O3S2. The van der Waals surface area contributed by atoms with Crippen LogP contribution in [-0.4, -0.2) is 53.1 Å². The van der Waals surface area contributed by atoms with Crippen molar-refractivity contribution >= 4 is 39.8 Å². The number of carbonyl (C=O) groups is 2. The van der Waals surface area contributed by atoms with Gasteiger partial charge in [0.15, 0.2) is 6.61 Å². The van der Waals surface area contributed by atoms with Gasteiger partial charge in [-0.05, 0) is 42.4 Å². The van der Waals surface area contributed by atoms with Crippen LogP contribution in [0.15, 0.2) is 59.6 Å². The molecule has 2 heterocycles. The van der Waals surface area contributed by atoms with Crippen molar-refractivity contribution in [3.05, 3.63) is 71.3 Å². The molecule has 2 aliphatic rings. The van der Waals surface area contributed by atoms with E-state index in [4.69, 9.17) is 4.74 Å². The Labute approximate surface area is 198 Å². The largest absolute Gasteiger partial charge is 0.452 e. The number of amides is 1. The highest BCUT2D eigenvalue weighted by atomic mass is 32.2. The summed E-state index contributed by atoms with van der Waals surface area (Å²) < 4.78 is 6.47. The minimum atomic E-state index is -0.436. The van der Waals surface area contributed by atoms with Gasteiger partial charge in [0, 0.05) is 24.6 Å². The zero-order valence-electron chi connectivity index (χ0n) is 18.1. The minimum Gasteiger partial charge on any atom is -0.452 e. The average molecular weight is 469 g/mol. The standard InChI is InChI=1S/C25H28N2O3S2/c28-23(27-13-10-20(11-14-27)16-19-6-2-1-3-7-19)17-30-24(29)22-9-5-4-8-21(22)18-32-25-26-12-15-31-25/h1-9,20H,10-18H2. The highest BCUT2D eigenvalue weighted by molar-refractivity contribution is 8.38. The van der Waals surface area contributed by atoms with E-state index in [-0.39, 0.29) is 12.5 Å². The van der Waals surface area contributed by atoms with Crippen LogP contribution < -0.4 is 0 Å². The second-order valence-corrected chi connectivity index (χ2v) is 10.3. The monoisotopic (exact) mass is 468 g/mol. The number of carbonyl (C=O) groups excluding carboxylic acids is 2. The van der Waals surface area contributed by atoms with Gasteiger partial charge in [0.1, 0.15) is 4.38 Å². The molecule has 0 radical (unpaired) electrons. The summed E-state index contributed by atoms with van der Waals surface area (Å²) in [5.41, 5.74) is 2.78. The molecule has 5 nitrogen and oxygen atoms in total. The first-order chi connectivity index (χ1) is 15.7. The highest BCUT2D eigenvalue weighted by Gasteiger charge is 2.24. The topological polar surface area (TPSA) is 59.0 Å². The van der Waals surface area contributed by atoms with Crippen molar-refractivity contribution in [1.29, 1.82) is 0 Å². The summed E-state index contributed by atoms with van der Waals surface area (Å²) in [4.78, 5) is 31.5. The van der Waals surface area contributed by atoms with Gasteiger partial charge in [-0.2, -0.15) is 0 Å². The summed E-state index contributed by atoms with van der Waals surface area (Å²) in [7, 11) is 0. The molecule has 32 heavy (non-hydrogen) atoms. The van der Waals surface area contributed by atoms with Gasteiger partial charge in [0.05, 0.1) is 12.1 Å². The molecule has 0 spiro atoms. The van der Waals surface area contributed by atoms with Crippen LogP contribution in [0.2, 0.25) is 0 Å². The first-order valence-electron chi connectivity index (χ1n) is 11.1. The third kappa shape index (κ3) is 6.39. The zero-order chi connectivity index (χ0) is 22.2. The van der Waals surface area contributed by atoms with Crippen molar-refractivity contribution in [3.8, 4) is 0 Å². The maximum absolute atomic E-state index is 12.7. The normalized spacial score (nSPS) is 16.6. The maximum Gasteiger partial charge on any atom is 0.338 e. The summed E-state index contributed by atoms with van der Waals surface area (Å²) in [6.45, 7) is 2.11. The SMILES string of the molecule is O=C(OCC(=O)N1CCC(Cc2ccccc2)CC1)c1ccccc1CSC1=NCCS1. The Bertz CT molecular complexity index is 957. The lowest BCUT2D eigenvalue weighted by molar-refractivity contribution is -0.135. The fourth-order valence-electron chi connectivity index (χ4n) is 4.02. The summed E-state index contributed by atoms with van der Waals surface area (Å²) in [5.74, 6) is 1.74. The van der Waals surface area contributed by atoms with Crippen molar-refractivity contribution in [3.63, 3.8) is 0 Å². The van der Waals surface area contributed by atoms with Crippen LogP contribution in [0, 0.1) is 5.92 Å².